The highest BCUT2D eigenvalue weighted by Crippen LogP contribution is 2.37. The summed E-state index contributed by atoms with van der Waals surface area (Å²) in [4.78, 5) is 17.8. The predicted molar refractivity (Wildman–Crippen MR) is 107 cm³/mol. The Balaban J connectivity index is 1.83. The maximum absolute atomic E-state index is 12.8. The van der Waals surface area contributed by atoms with Gasteiger partial charge in [0, 0.05) is 5.56 Å². The summed E-state index contributed by atoms with van der Waals surface area (Å²) in [5, 5.41) is 7.78. The van der Waals surface area contributed by atoms with E-state index in [0.29, 0.717) is 41.9 Å². The van der Waals surface area contributed by atoms with Crippen LogP contribution in [-0.4, -0.2) is 42.2 Å². The minimum Gasteiger partial charge on any atom is -0.493 e. The monoisotopic (exact) mass is 382 g/mol. The molecule has 1 aliphatic carbocycles. The van der Waals surface area contributed by atoms with Gasteiger partial charge in [-0.2, -0.15) is 5.10 Å². The number of carbonyl (C=O) groups is 1. The molecule has 28 heavy (non-hydrogen) atoms. The van der Waals surface area contributed by atoms with E-state index in [1.165, 1.54) is 12.8 Å². The highest BCUT2D eigenvalue weighted by atomic mass is 16.5. The minimum atomic E-state index is -0.102. The number of fused-ring (bicyclic) bond motifs is 1. The Morgan fingerprint density at radius 3 is 2.61 bits per heavy atom. The molecule has 1 aliphatic heterocycles. The second-order valence-corrected chi connectivity index (χ2v) is 7.19. The molecule has 1 amide bonds. The minimum absolute atomic E-state index is 0.102. The van der Waals surface area contributed by atoms with Crippen LogP contribution in [0.3, 0.4) is 0 Å². The third-order valence-electron chi connectivity index (χ3n) is 5.56. The number of aliphatic imine (C=N–C) groups is 1. The third kappa shape index (κ3) is 3.15. The molecule has 0 atom stereocenters. The van der Waals surface area contributed by atoms with Gasteiger partial charge >= 0.3 is 0 Å². The molecule has 1 fully saturated rings. The quantitative estimate of drug-likeness (QED) is 0.859. The highest BCUT2D eigenvalue weighted by molar-refractivity contribution is 6.10. The molecule has 0 unspecified atom stereocenters. The number of carbonyl (C=O) groups excluding carboxylic acids is 1. The summed E-state index contributed by atoms with van der Waals surface area (Å²) in [6.07, 6.45) is 5.26. The van der Waals surface area contributed by atoms with Gasteiger partial charge in [0.1, 0.15) is 5.56 Å². The van der Waals surface area contributed by atoms with Crippen molar-refractivity contribution in [1.29, 1.82) is 0 Å². The van der Waals surface area contributed by atoms with E-state index >= 15 is 0 Å². The lowest BCUT2D eigenvalue weighted by molar-refractivity contribution is 0.0960. The first-order chi connectivity index (χ1) is 13.7. The summed E-state index contributed by atoms with van der Waals surface area (Å²) in [7, 11) is 3.22. The molecule has 148 valence electrons. The number of methoxy groups -OCH3 is 2. The highest BCUT2D eigenvalue weighted by Gasteiger charge is 2.30. The number of amides is 1. The summed E-state index contributed by atoms with van der Waals surface area (Å²) >= 11 is 0. The van der Waals surface area contributed by atoms with E-state index in [0.717, 1.165) is 29.8 Å². The molecule has 2 heterocycles. The SMILES string of the molecule is CCc1nn(C2CCCC2)c2c1C(=O)NCC(c1ccc(OC)c(OC)c1)=N2. The van der Waals surface area contributed by atoms with Gasteiger partial charge in [-0.15, -0.1) is 0 Å². The van der Waals surface area contributed by atoms with E-state index in [1.807, 2.05) is 29.8 Å². The van der Waals surface area contributed by atoms with Crippen LogP contribution in [0, 0.1) is 0 Å². The van der Waals surface area contributed by atoms with Gasteiger partial charge in [-0.3, -0.25) is 4.79 Å². The van der Waals surface area contributed by atoms with Gasteiger partial charge in [0.15, 0.2) is 17.3 Å². The maximum Gasteiger partial charge on any atom is 0.257 e. The fourth-order valence-electron chi connectivity index (χ4n) is 4.06. The number of aryl methyl sites for hydroxylation is 1. The van der Waals surface area contributed by atoms with Crippen LogP contribution in [-0.2, 0) is 6.42 Å². The lowest BCUT2D eigenvalue weighted by Crippen LogP contribution is -2.28. The Labute approximate surface area is 164 Å². The fourth-order valence-corrected chi connectivity index (χ4v) is 4.06. The number of nitrogens with one attached hydrogen (secondary N) is 1. The lowest BCUT2D eigenvalue weighted by atomic mass is 10.1. The van der Waals surface area contributed by atoms with E-state index in [2.05, 4.69) is 5.32 Å². The van der Waals surface area contributed by atoms with Gasteiger partial charge in [-0.25, -0.2) is 9.67 Å². The number of ether oxygens (including phenoxy) is 2. The Kier molecular flexibility index (Phi) is 5.07. The predicted octanol–water partition coefficient (Wildman–Crippen LogP) is 3.44. The molecule has 0 radical (unpaired) electrons. The van der Waals surface area contributed by atoms with Crippen LogP contribution >= 0.6 is 0 Å². The topological polar surface area (TPSA) is 77.7 Å². The first kappa shape index (κ1) is 18.5. The zero-order chi connectivity index (χ0) is 19.7. The maximum atomic E-state index is 12.8. The van der Waals surface area contributed by atoms with Crippen molar-refractivity contribution in [3.8, 4) is 11.5 Å². The molecule has 1 N–H and O–H groups in total. The van der Waals surface area contributed by atoms with Crippen LogP contribution in [0.5, 0.6) is 11.5 Å². The van der Waals surface area contributed by atoms with Crippen LogP contribution in [0.1, 0.15) is 60.3 Å². The van der Waals surface area contributed by atoms with Crippen molar-refractivity contribution < 1.29 is 14.3 Å². The van der Waals surface area contributed by atoms with Crippen molar-refractivity contribution in [2.24, 2.45) is 4.99 Å². The molecule has 1 saturated carbocycles. The number of hydrogen-bond donors (Lipinski definition) is 1. The third-order valence-corrected chi connectivity index (χ3v) is 5.56. The molecule has 0 saturated heterocycles. The Morgan fingerprint density at radius 1 is 1.18 bits per heavy atom. The van der Waals surface area contributed by atoms with Gasteiger partial charge in [0.2, 0.25) is 0 Å². The Hall–Kier alpha value is -2.83. The first-order valence-electron chi connectivity index (χ1n) is 9.85. The van der Waals surface area contributed by atoms with Crippen molar-refractivity contribution in [2.45, 2.75) is 45.1 Å². The van der Waals surface area contributed by atoms with Crippen LogP contribution in [0.4, 0.5) is 5.82 Å². The van der Waals surface area contributed by atoms with E-state index in [9.17, 15) is 4.79 Å². The summed E-state index contributed by atoms with van der Waals surface area (Å²) in [5.74, 6) is 1.88. The zero-order valence-electron chi connectivity index (χ0n) is 16.6. The molecule has 4 rings (SSSR count). The Morgan fingerprint density at radius 2 is 1.93 bits per heavy atom. The fraction of sp³-hybridized carbons (Fsp3) is 0.476. The van der Waals surface area contributed by atoms with E-state index in [4.69, 9.17) is 19.6 Å². The standard InChI is InChI=1S/C21H26N4O3/c1-4-15-19-20(25(24-15)14-7-5-6-8-14)23-16(12-22-21(19)26)13-9-10-17(27-2)18(11-13)28-3/h9-11,14H,4-8,12H2,1-3H3,(H,22,26). The van der Waals surface area contributed by atoms with Gasteiger partial charge in [0.05, 0.1) is 38.2 Å². The van der Waals surface area contributed by atoms with Crippen LogP contribution < -0.4 is 14.8 Å². The summed E-state index contributed by atoms with van der Waals surface area (Å²) < 4.78 is 12.8. The molecule has 0 bridgehead atoms. The second-order valence-electron chi connectivity index (χ2n) is 7.19. The first-order valence-corrected chi connectivity index (χ1v) is 9.85. The molecule has 2 aliphatic rings. The number of benzene rings is 1. The van der Waals surface area contributed by atoms with Crippen LogP contribution in [0.2, 0.25) is 0 Å². The van der Waals surface area contributed by atoms with E-state index in [1.54, 1.807) is 14.2 Å². The average molecular weight is 382 g/mol. The summed E-state index contributed by atoms with van der Waals surface area (Å²) in [6, 6.07) is 6.01. The van der Waals surface area contributed by atoms with Crippen molar-refractivity contribution in [2.75, 3.05) is 20.8 Å². The lowest BCUT2D eigenvalue weighted by Gasteiger charge is -2.13. The number of aromatic nitrogens is 2. The van der Waals surface area contributed by atoms with Crippen molar-refractivity contribution in [3.05, 3.63) is 35.0 Å². The molecule has 1 aromatic heterocycles. The molecular formula is C21H26N4O3. The zero-order valence-corrected chi connectivity index (χ0v) is 16.6. The summed E-state index contributed by atoms with van der Waals surface area (Å²) in [6.45, 7) is 2.38. The molecule has 0 spiro atoms. The van der Waals surface area contributed by atoms with Gasteiger partial charge < -0.3 is 14.8 Å². The molecule has 7 heteroatoms. The van der Waals surface area contributed by atoms with Crippen molar-refractivity contribution in [3.63, 3.8) is 0 Å². The van der Waals surface area contributed by atoms with E-state index < -0.39 is 0 Å². The van der Waals surface area contributed by atoms with Crippen molar-refractivity contribution in [1.82, 2.24) is 15.1 Å². The molecule has 7 nitrogen and oxygen atoms in total. The number of rotatable bonds is 5. The Bertz CT molecular complexity index is 926. The largest absolute Gasteiger partial charge is 0.493 e. The molecule has 1 aromatic carbocycles. The normalized spacial score (nSPS) is 17.0. The van der Waals surface area contributed by atoms with Crippen LogP contribution in [0.25, 0.3) is 0 Å². The van der Waals surface area contributed by atoms with Gasteiger partial charge in [-0.1, -0.05) is 19.8 Å². The summed E-state index contributed by atoms with van der Waals surface area (Å²) in [5.41, 5.74) is 3.11. The van der Waals surface area contributed by atoms with E-state index in [-0.39, 0.29) is 5.91 Å². The average Bonchev–Trinajstić information content (AvgIpc) is 3.34. The van der Waals surface area contributed by atoms with Gasteiger partial charge in [-0.05, 0) is 37.5 Å². The number of nitrogens with zero attached hydrogens (tertiary/aromatic N) is 3. The van der Waals surface area contributed by atoms with Crippen molar-refractivity contribution >= 4 is 17.4 Å². The number of hydrogen-bond acceptors (Lipinski definition) is 5. The van der Waals surface area contributed by atoms with Crippen LogP contribution in [0.15, 0.2) is 23.2 Å². The smallest absolute Gasteiger partial charge is 0.257 e. The van der Waals surface area contributed by atoms with Gasteiger partial charge in [0.25, 0.3) is 5.91 Å². The second kappa shape index (κ2) is 7.66. The molecular weight excluding hydrogens is 356 g/mol. The molecule has 2 aromatic rings.